The quantitative estimate of drug-likeness (QED) is 0.441. The highest BCUT2D eigenvalue weighted by molar-refractivity contribution is 6.08. The van der Waals surface area contributed by atoms with Crippen LogP contribution in [0, 0.1) is 5.92 Å². The van der Waals surface area contributed by atoms with E-state index in [1.54, 1.807) is 26.1 Å². The van der Waals surface area contributed by atoms with Crippen LogP contribution in [-0.2, 0) is 16.0 Å². The van der Waals surface area contributed by atoms with Crippen molar-refractivity contribution in [1.82, 2.24) is 4.98 Å². The zero-order valence-electron chi connectivity index (χ0n) is 11.1. The van der Waals surface area contributed by atoms with E-state index < -0.39 is 11.9 Å². The Kier molecular flexibility index (Phi) is 5.49. The Balaban J connectivity index is 3.00. The highest BCUT2D eigenvalue weighted by Gasteiger charge is 2.29. The maximum atomic E-state index is 12.3. The van der Waals surface area contributed by atoms with Crippen molar-refractivity contribution in [3.05, 3.63) is 29.6 Å². The van der Waals surface area contributed by atoms with Gasteiger partial charge in [-0.2, -0.15) is 0 Å². The summed E-state index contributed by atoms with van der Waals surface area (Å²) in [5.41, 5.74) is 1.25. The largest absolute Gasteiger partial charge is 0.465 e. The summed E-state index contributed by atoms with van der Waals surface area (Å²) in [4.78, 5) is 28.1. The second kappa shape index (κ2) is 6.89. The molecule has 0 aromatic carbocycles. The van der Waals surface area contributed by atoms with Crippen LogP contribution in [0.1, 0.15) is 43.2 Å². The summed E-state index contributed by atoms with van der Waals surface area (Å²) in [6.07, 6.45) is 2.72. The number of carbonyl (C=O) groups is 2. The van der Waals surface area contributed by atoms with E-state index in [-0.39, 0.29) is 12.4 Å². The zero-order chi connectivity index (χ0) is 13.5. The fourth-order valence-corrected chi connectivity index (χ4v) is 1.81. The number of Topliss-reactive ketones (excluding diaryl/α,β-unsaturated/α-hetero) is 1. The third kappa shape index (κ3) is 3.15. The van der Waals surface area contributed by atoms with Gasteiger partial charge in [-0.15, -0.1) is 0 Å². The number of esters is 1. The molecule has 0 saturated heterocycles. The lowest BCUT2D eigenvalue weighted by molar-refractivity contribution is -0.146. The molecule has 0 bridgehead atoms. The monoisotopic (exact) mass is 249 g/mol. The average molecular weight is 249 g/mol. The molecule has 0 aliphatic carbocycles. The van der Waals surface area contributed by atoms with Crippen molar-refractivity contribution >= 4 is 11.8 Å². The van der Waals surface area contributed by atoms with E-state index in [0.29, 0.717) is 18.5 Å². The first kappa shape index (κ1) is 14.4. The molecule has 1 heterocycles. The molecular formula is C14H19NO3. The van der Waals surface area contributed by atoms with Crippen molar-refractivity contribution in [3.63, 3.8) is 0 Å². The van der Waals surface area contributed by atoms with E-state index in [4.69, 9.17) is 4.74 Å². The molecule has 0 spiro atoms. The number of ketones is 1. The molecule has 1 atom stereocenters. The van der Waals surface area contributed by atoms with Crippen LogP contribution >= 0.6 is 0 Å². The van der Waals surface area contributed by atoms with Crippen molar-refractivity contribution < 1.29 is 14.3 Å². The highest BCUT2D eigenvalue weighted by Crippen LogP contribution is 2.16. The van der Waals surface area contributed by atoms with Gasteiger partial charge in [-0.25, -0.2) is 0 Å². The predicted molar refractivity (Wildman–Crippen MR) is 68.4 cm³/mol. The van der Waals surface area contributed by atoms with Gasteiger partial charge >= 0.3 is 5.97 Å². The zero-order valence-corrected chi connectivity index (χ0v) is 11.1. The van der Waals surface area contributed by atoms with Gasteiger partial charge in [0.1, 0.15) is 11.6 Å². The van der Waals surface area contributed by atoms with Gasteiger partial charge < -0.3 is 4.74 Å². The molecule has 0 aliphatic rings. The van der Waals surface area contributed by atoms with Gasteiger partial charge in [0.15, 0.2) is 5.78 Å². The van der Waals surface area contributed by atoms with E-state index in [0.717, 1.165) is 5.56 Å². The minimum Gasteiger partial charge on any atom is -0.465 e. The van der Waals surface area contributed by atoms with E-state index in [1.807, 2.05) is 13.0 Å². The van der Waals surface area contributed by atoms with Crippen LogP contribution in [0.25, 0.3) is 0 Å². The molecule has 1 rings (SSSR count). The molecule has 1 aromatic rings. The van der Waals surface area contributed by atoms with Crippen LogP contribution in [0.15, 0.2) is 18.3 Å². The number of aromatic nitrogens is 1. The number of aryl methyl sites for hydroxylation is 1. The van der Waals surface area contributed by atoms with Gasteiger partial charge in [-0.3, -0.25) is 14.6 Å². The van der Waals surface area contributed by atoms with Crippen LogP contribution in [0.5, 0.6) is 0 Å². The maximum absolute atomic E-state index is 12.3. The number of hydrogen-bond donors (Lipinski definition) is 0. The van der Waals surface area contributed by atoms with Crippen molar-refractivity contribution in [1.29, 1.82) is 0 Å². The Morgan fingerprint density at radius 3 is 2.61 bits per heavy atom. The van der Waals surface area contributed by atoms with Gasteiger partial charge in [0.2, 0.25) is 0 Å². The molecule has 0 N–H and O–H groups in total. The molecule has 0 radical (unpaired) electrons. The topological polar surface area (TPSA) is 56.3 Å². The molecule has 18 heavy (non-hydrogen) atoms. The number of carbonyl (C=O) groups excluding carboxylic acids is 2. The smallest absolute Gasteiger partial charge is 0.316 e. The third-order valence-electron chi connectivity index (χ3n) is 2.80. The van der Waals surface area contributed by atoms with E-state index in [2.05, 4.69) is 4.98 Å². The molecule has 0 saturated carbocycles. The number of nitrogens with zero attached hydrogens (tertiary/aromatic N) is 1. The minimum atomic E-state index is -0.745. The lowest BCUT2D eigenvalue weighted by Gasteiger charge is -2.13. The summed E-state index contributed by atoms with van der Waals surface area (Å²) in [6.45, 7) is 5.77. The molecule has 0 amide bonds. The fraction of sp³-hybridized carbons (Fsp3) is 0.500. The lowest BCUT2D eigenvalue weighted by atomic mass is 9.95. The average Bonchev–Trinajstić information content (AvgIpc) is 2.39. The summed E-state index contributed by atoms with van der Waals surface area (Å²) in [5.74, 6) is -1.45. The van der Waals surface area contributed by atoms with Gasteiger partial charge in [-0.05, 0) is 31.4 Å². The van der Waals surface area contributed by atoms with Crippen LogP contribution < -0.4 is 0 Å². The summed E-state index contributed by atoms with van der Waals surface area (Å²) < 4.78 is 4.92. The summed E-state index contributed by atoms with van der Waals surface area (Å²) in [5, 5.41) is 0. The molecule has 0 aliphatic heterocycles. The molecule has 1 aromatic heterocycles. The van der Waals surface area contributed by atoms with Crippen LogP contribution in [-0.4, -0.2) is 23.3 Å². The number of pyridine rings is 1. The Hall–Kier alpha value is -1.71. The molecule has 4 heteroatoms. The SMILES string of the molecule is CCOC(=O)C(CC)C(=O)c1ncccc1CC. The Morgan fingerprint density at radius 2 is 2.06 bits per heavy atom. The van der Waals surface area contributed by atoms with E-state index in [9.17, 15) is 9.59 Å². The van der Waals surface area contributed by atoms with Gasteiger partial charge in [-0.1, -0.05) is 19.9 Å². The highest BCUT2D eigenvalue weighted by atomic mass is 16.5. The van der Waals surface area contributed by atoms with Gasteiger partial charge in [0.05, 0.1) is 6.61 Å². The lowest BCUT2D eigenvalue weighted by Crippen LogP contribution is -2.27. The van der Waals surface area contributed by atoms with Crippen molar-refractivity contribution in [2.24, 2.45) is 5.92 Å². The second-order valence-corrected chi connectivity index (χ2v) is 3.94. The molecule has 98 valence electrons. The van der Waals surface area contributed by atoms with Gasteiger partial charge in [0, 0.05) is 6.20 Å². The van der Waals surface area contributed by atoms with E-state index >= 15 is 0 Å². The van der Waals surface area contributed by atoms with Crippen LogP contribution in [0.3, 0.4) is 0 Å². The first-order valence-electron chi connectivity index (χ1n) is 6.30. The molecule has 1 unspecified atom stereocenters. The predicted octanol–water partition coefficient (Wildman–Crippen LogP) is 2.42. The molecule has 0 fully saturated rings. The molecular weight excluding hydrogens is 230 g/mol. The third-order valence-corrected chi connectivity index (χ3v) is 2.80. The Morgan fingerprint density at radius 1 is 1.33 bits per heavy atom. The Bertz CT molecular complexity index is 429. The van der Waals surface area contributed by atoms with Crippen LogP contribution in [0.2, 0.25) is 0 Å². The molecule has 4 nitrogen and oxygen atoms in total. The standard InChI is InChI=1S/C14H19NO3/c1-4-10-8-7-9-15-12(10)13(16)11(5-2)14(17)18-6-3/h7-9,11H,4-6H2,1-3H3. The number of ether oxygens (including phenoxy) is 1. The van der Waals surface area contributed by atoms with E-state index in [1.165, 1.54) is 0 Å². The van der Waals surface area contributed by atoms with Crippen LogP contribution in [0.4, 0.5) is 0 Å². The van der Waals surface area contributed by atoms with Gasteiger partial charge in [0.25, 0.3) is 0 Å². The summed E-state index contributed by atoms with van der Waals surface area (Å²) in [7, 11) is 0. The Labute approximate surface area is 107 Å². The maximum Gasteiger partial charge on any atom is 0.316 e. The van der Waals surface area contributed by atoms with Crippen molar-refractivity contribution in [3.8, 4) is 0 Å². The summed E-state index contributed by atoms with van der Waals surface area (Å²) >= 11 is 0. The summed E-state index contributed by atoms with van der Waals surface area (Å²) in [6, 6.07) is 3.65. The minimum absolute atomic E-state index is 0.242. The fourth-order valence-electron chi connectivity index (χ4n) is 1.81. The first-order valence-corrected chi connectivity index (χ1v) is 6.30. The van der Waals surface area contributed by atoms with Crippen molar-refractivity contribution in [2.75, 3.05) is 6.61 Å². The number of rotatable bonds is 6. The first-order chi connectivity index (χ1) is 8.65. The van der Waals surface area contributed by atoms with Crippen molar-refractivity contribution in [2.45, 2.75) is 33.6 Å². The normalized spacial score (nSPS) is 11.9. The second-order valence-electron chi connectivity index (χ2n) is 3.94. The number of hydrogen-bond acceptors (Lipinski definition) is 4.